The van der Waals surface area contributed by atoms with Gasteiger partial charge in [0, 0.05) is 22.9 Å². The lowest BCUT2D eigenvalue weighted by Crippen LogP contribution is -2.14. The third-order valence-electron chi connectivity index (χ3n) is 4.15. The minimum Gasteiger partial charge on any atom is -0.497 e. The van der Waals surface area contributed by atoms with Crippen LogP contribution in [-0.4, -0.2) is 25.1 Å². The zero-order valence-corrected chi connectivity index (χ0v) is 18.6. The van der Waals surface area contributed by atoms with E-state index < -0.39 is 0 Å². The summed E-state index contributed by atoms with van der Waals surface area (Å²) >= 11 is 3.18. The van der Waals surface area contributed by atoms with Crippen LogP contribution in [0.2, 0.25) is 0 Å². The fraction of sp³-hybridized carbons (Fsp3) is 0.273. The average Bonchev–Trinajstić information content (AvgIpc) is 3.12. The van der Waals surface area contributed by atoms with Gasteiger partial charge in [0.25, 0.3) is 0 Å². The average molecular weight is 429 g/mol. The third kappa shape index (κ3) is 6.24. The Kier molecular flexibility index (Phi) is 7.17. The minimum absolute atomic E-state index is 0.0608. The number of thiazole rings is 1. The molecular formula is C22H24N2O3S2. The number of ether oxygens (including phenoxy) is 2. The molecular weight excluding hydrogens is 404 g/mol. The molecule has 1 aromatic heterocycles. The van der Waals surface area contributed by atoms with E-state index in [1.165, 1.54) is 0 Å². The minimum atomic E-state index is -0.0608. The molecule has 2 aromatic carbocycles. The number of carbonyl (C=O) groups is 1. The molecule has 1 amide bonds. The van der Waals surface area contributed by atoms with Crippen LogP contribution in [-0.2, 0) is 17.0 Å². The van der Waals surface area contributed by atoms with Crippen LogP contribution < -0.4 is 14.8 Å². The number of anilines is 1. The Hall–Kier alpha value is -2.51. The maximum Gasteiger partial charge on any atom is 0.230 e. The second kappa shape index (κ2) is 9.80. The van der Waals surface area contributed by atoms with E-state index in [1.807, 2.05) is 49.6 Å². The molecule has 5 nitrogen and oxygen atoms in total. The van der Waals surface area contributed by atoms with Crippen molar-refractivity contribution in [3.05, 3.63) is 64.2 Å². The monoisotopic (exact) mass is 428 g/mol. The summed E-state index contributed by atoms with van der Waals surface area (Å²) in [7, 11) is 3.28. The first-order valence-electron chi connectivity index (χ1n) is 9.12. The third-order valence-corrected chi connectivity index (χ3v) is 6.29. The normalized spacial score (nSPS) is 10.6. The van der Waals surface area contributed by atoms with Crippen LogP contribution >= 0.6 is 23.1 Å². The van der Waals surface area contributed by atoms with E-state index in [0.29, 0.717) is 0 Å². The summed E-state index contributed by atoms with van der Waals surface area (Å²) in [6.45, 7) is 4.04. The number of benzene rings is 2. The van der Waals surface area contributed by atoms with Gasteiger partial charge in [0.2, 0.25) is 5.91 Å². The van der Waals surface area contributed by atoms with Crippen molar-refractivity contribution in [3.8, 4) is 11.5 Å². The van der Waals surface area contributed by atoms with Crippen molar-refractivity contribution in [1.82, 2.24) is 4.98 Å². The van der Waals surface area contributed by atoms with Gasteiger partial charge >= 0.3 is 0 Å². The highest BCUT2D eigenvalue weighted by molar-refractivity contribution is 8.00. The van der Waals surface area contributed by atoms with Crippen molar-refractivity contribution in [2.75, 3.05) is 19.5 Å². The Morgan fingerprint density at radius 2 is 1.69 bits per heavy atom. The molecule has 1 heterocycles. The van der Waals surface area contributed by atoms with E-state index in [1.54, 1.807) is 37.3 Å². The zero-order chi connectivity index (χ0) is 20.8. The first-order chi connectivity index (χ1) is 13.9. The molecule has 0 saturated carbocycles. The van der Waals surface area contributed by atoms with E-state index >= 15 is 0 Å². The summed E-state index contributed by atoms with van der Waals surface area (Å²) in [6, 6.07) is 11.8. The van der Waals surface area contributed by atoms with Gasteiger partial charge in [-0.1, -0.05) is 17.8 Å². The molecule has 0 aliphatic carbocycles. The molecule has 0 saturated heterocycles. The molecule has 3 aromatic rings. The fourth-order valence-electron chi connectivity index (χ4n) is 2.95. The molecule has 3 rings (SSSR count). The molecule has 29 heavy (non-hydrogen) atoms. The smallest absolute Gasteiger partial charge is 0.230 e. The number of rotatable bonds is 8. The standard InChI is InChI=1S/C22H24N2O3S2/c1-14-5-15(2)7-17(6-14)23-21(25)10-18-13-29-22(24-18)28-12-16-8-19(26-3)11-20(9-16)27-4/h5-9,11,13H,10,12H2,1-4H3,(H,23,25). The number of thioether (sulfide) groups is 1. The molecule has 1 N–H and O–H groups in total. The van der Waals surface area contributed by atoms with Gasteiger partial charge in [-0.15, -0.1) is 11.3 Å². The van der Waals surface area contributed by atoms with Crippen molar-refractivity contribution in [2.24, 2.45) is 0 Å². The van der Waals surface area contributed by atoms with Gasteiger partial charge < -0.3 is 14.8 Å². The second-order valence-electron chi connectivity index (χ2n) is 6.72. The number of methoxy groups -OCH3 is 2. The molecule has 0 unspecified atom stereocenters. The molecule has 7 heteroatoms. The van der Waals surface area contributed by atoms with Crippen molar-refractivity contribution in [2.45, 2.75) is 30.4 Å². The number of nitrogens with zero attached hydrogens (tertiary/aromatic N) is 1. The Labute approximate surface area is 179 Å². The molecule has 0 spiro atoms. The topological polar surface area (TPSA) is 60.5 Å². The van der Waals surface area contributed by atoms with E-state index in [2.05, 4.69) is 16.4 Å². The van der Waals surface area contributed by atoms with Crippen LogP contribution in [0.25, 0.3) is 0 Å². The van der Waals surface area contributed by atoms with Crippen LogP contribution in [0.4, 0.5) is 5.69 Å². The van der Waals surface area contributed by atoms with Crippen LogP contribution in [0, 0.1) is 13.8 Å². The number of nitrogens with one attached hydrogen (secondary N) is 1. The van der Waals surface area contributed by atoms with Gasteiger partial charge in [0.15, 0.2) is 0 Å². The van der Waals surface area contributed by atoms with Gasteiger partial charge in [-0.3, -0.25) is 4.79 Å². The van der Waals surface area contributed by atoms with Crippen LogP contribution in [0.3, 0.4) is 0 Å². The maximum atomic E-state index is 12.4. The highest BCUT2D eigenvalue weighted by Crippen LogP contribution is 2.30. The summed E-state index contributed by atoms with van der Waals surface area (Å²) in [5, 5.41) is 4.90. The number of aromatic nitrogens is 1. The largest absolute Gasteiger partial charge is 0.497 e. The van der Waals surface area contributed by atoms with Gasteiger partial charge in [0.05, 0.1) is 26.3 Å². The second-order valence-corrected chi connectivity index (χ2v) is 8.80. The lowest BCUT2D eigenvalue weighted by atomic mass is 10.1. The predicted octanol–water partition coefficient (Wildman–Crippen LogP) is 5.25. The first kappa shape index (κ1) is 21.2. The molecule has 0 radical (unpaired) electrons. The van der Waals surface area contributed by atoms with Gasteiger partial charge in [0.1, 0.15) is 15.8 Å². The lowest BCUT2D eigenvalue weighted by Gasteiger charge is -2.07. The molecule has 0 atom stereocenters. The number of carbonyl (C=O) groups excluding carboxylic acids is 1. The van der Waals surface area contributed by atoms with Gasteiger partial charge in [-0.2, -0.15) is 0 Å². The van der Waals surface area contributed by atoms with E-state index in [9.17, 15) is 4.79 Å². The van der Waals surface area contributed by atoms with Crippen LogP contribution in [0.1, 0.15) is 22.4 Å². The molecule has 0 aliphatic heterocycles. The van der Waals surface area contributed by atoms with Crippen LogP contribution in [0.5, 0.6) is 11.5 Å². The number of aryl methyl sites for hydroxylation is 2. The molecule has 152 valence electrons. The summed E-state index contributed by atoms with van der Waals surface area (Å²) < 4.78 is 11.6. The highest BCUT2D eigenvalue weighted by Gasteiger charge is 2.10. The summed E-state index contributed by atoms with van der Waals surface area (Å²) in [5.41, 5.74) is 4.95. The SMILES string of the molecule is COc1cc(CSc2nc(CC(=O)Nc3cc(C)cc(C)c3)cs2)cc(OC)c1. The van der Waals surface area contributed by atoms with Crippen LogP contribution in [0.15, 0.2) is 46.1 Å². The zero-order valence-electron chi connectivity index (χ0n) is 16.9. The Morgan fingerprint density at radius 3 is 2.31 bits per heavy atom. The molecule has 0 fully saturated rings. The number of hydrogen-bond donors (Lipinski definition) is 1. The van der Waals surface area contributed by atoms with E-state index in [4.69, 9.17) is 9.47 Å². The Balaban J connectivity index is 1.57. The Morgan fingerprint density at radius 1 is 1.03 bits per heavy atom. The van der Waals surface area contributed by atoms with Crippen molar-refractivity contribution >= 4 is 34.7 Å². The predicted molar refractivity (Wildman–Crippen MR) is 119 cm³/mol. The quantitative estimate of drug-likeness (QED) is 0.497. The van der Waals surface area contributed by atoms with Gasteiger partial charge in [-0.25, -0.2) is 4.98 Å². The lowest BCUT2D eigenvalue weighted by molar-refractivity contribution is -0.115. The van der Waals surface area contributed by atoms with Gasteiger partial charge in [-0.05, 0) is 54.8 Å². The fourth-order valence-corrected chi connectivity index (χ4v) is 4.72. The first-order valence-corrected chi connectivity index (χ1v) is 11.0. The number of hydrogen-bond acceptors (Lipinski definition) is 6. The molecule has 0 aliphatic rings. The van der Waals surface area contributed by atoms with Crippen molar-refractivity contribution in [1.29, 1.82) is 0 Å². The molecule has 0 bridgehead atoms. The van der Waals surface area contributed by atoms with Crippen molar-refractivity contribution in [3.63, 3.8) is 0 Å². The maximum absolute atomic E-state index is 12.4. The summed E-state index contributed by atoms with van der Waals surface area (Å²) in [4.78, 5) is 16.9. The summed E-state index contributed by atoms with van der Waals surface area (Å²) in [6.07, 6.45) is 0.261. The Bertz CT molecular complexity index is 959. The van der Waals surface area contributed by atoms with E-state index in [0.717, 1.165) is 49.7 Å². The summed E-state index contributed by atoms with van der Waals surface area (Å²) in [5.74, 6) is 2.22. The number of amides is 1. The van der Waals surface area contributed by atoms with E-state index in [-0.39, 0.29) is 12.3 Å². The highest BCUT2D eigenvalue weighted by atomic mass is 32.2. The van der Waals surface area contributed by atoms with Crippen molar-refractivity contribution < 1.29 is 14.3 Å².